The van der Waals surface area contributed by atoms with Crippen molar-refractivity contribution in [2.45, 2.75) is 16.1 Å². The zero-order valence-electron chi connectivity index (χ0n) is 8.01. The van der Waals surface area contributed by atoms with Crippen LogP contribution in [0.15, 0.2) is 30.3 Å². The van der Waals surface area contributed by atoms with Crippen LogP contribution in [-0.4, -0.2) is 8.48 Å². The fourth-order valence-electron chi connectivity index (χ4n) is 1.96. The summed E-state index contributed by atoms with van der Waals surface area (Å²) in [6, 6.07) is 9.89. The van der Waals surface area contributed by atoms with Gasteiger partial charge in [-0.15, -0.1) is 0 Å². The van der Waals surface area contributed by atoms with E-state index in [9.17, 15) is 4.79 Å². The minimum atomic E-state index is -0.574. The predicted molar refractivity (Wildman–Crippen MR) is 68.7 cm³/mol. The molecule has 0 heterocycles. The Labute approximate surface area is 110 Å². The lowest BCUT2D eigenvalue weighted by molar-refractivity contribution is -0.115. The Hall–Kier alpha value is 0.140. The van der Waals surface area contributed by atoms with Crippen LogP contribution in [0, 0.1) is 5.41 Å². The number of carbonyl (C=O) groups excluding carboxylic acids is 1. The summed E-state index contributed by atoms with van der Waals surface area (Å²) in [5.74, 6) is 0.0798. The molecule has 0 spiro atoms. The summed E-state index contributed by atoms with van der Waals surface area (Å²) < 4.78 is -0.410. The maximum Gasteiger partial charge on any atom is 0.230 e. The molecule has 0 unspecified atom stereocenters. The van der Waals surface area contributed by atoms with E-state index in [4.69, 9.17) is 11.6 Å². The summed E-state index contributed by atoms with van der Waals surface area (Å²) in [4.78, 5) is 11.4. The number of carbonyl (C=O) groups is 1. The second kappa shape index (κ2) is 3.57. The van der Waals surface area contributed by atoms with Crippen LogP contribution < -0.4 is 0 Å². The largest absolute Gasteiger partial charge is 0.281 e. The van der Waals surface area contributed by atoms with Crippen LogP contribution in [0.5, 0.6) is 0 Å². The highest BCUT2D eigenvalue weighted by molar-refractivity contribution is 9.25. The highest BCUT2D eigenvalue weighted by atomic mass is 79.9. The second-order valence-corrected chi connectivity index (χ2v) is 7.85. The second-order valence-electron chi connectivity index (χ2n) is 3.94. The van der Waals surface area contributed by atoms with Crippen molar-refractivity contribution in [2.75, 3.05) is 0 Å². The van der Waals surface area contributed by atoms with Crippen molar-refractivity contribution in [3.8, 4) is 0 Å². The third kappa shape index (κ3) is 1.51. The van der Waals surface area contributed by atoms with E-state index in [2.05, 4.69) is 31.9 Å². The molecule has 15 heavy (non-hydrogen) atoms. The molecule has 80 valence electrons. The molecule has 0 radical (unpaired) electrons. The van der Waals surface area contributed by atoms with Crippen LogP contribution in [0.25, 0.3) is 0 Å². The van der Waals surface area contributed by atoms with Gasteiger partial charge in [0.05, 0.1) is 5.41 Å². The lowest BCUT2D eigenvalue weighted by Crippen LogP contribution is -2.11. The minimum absolute atomic E-state index is 0.0798. The van der Waals surface area contributed by atoms with Crippen LogP contribution >= 0.6 is 43.5 Å². The monoisotopic (exact) mass is 350 g/mol. The Kier molecular flexibility index (Phi) is 2.77. The molecule has 1 nitrogen and oxygen atoms in total. The van der Waals surface area contributed by atoms with E-state index in [0.29, 0.717) is 0 Å². The van der Waals surface area contributed by atoms with Gasteiger partial charge in [-0.2, -0.15) is 0 Å². The smallest absolute Gasteiger partial charge is 0.230 e. The third-order valence-corrected chi connectivity index (χ3v) is 6.05. The molecule has 1 fully saturated rings. The summed E-state index contributed by atoms with van der Waals surface area (Å²) in [6.45, 7) is 1.86. The third-order valence-electron chi connectivity index (χ3n) is 3.09. The van der Waals surface area contributed by atoms with Crippen LogP contribution in [-0.2, 0) is 4.79 Å². The van der Waals surface area contributed by atoms with E-state index in [1.807, 2.05) is 37.3 Å². The van der Waals surface area contributed by atoms with Gasteiger partial charge in [-0.3, -0.25) is 4.79 Å². The Balaban J connectivity index is 2.39. The fraction of sp³-hybridized carbons (Fsp3) is 0.364. The van der Waals surface area contributed by atoms with Crippen LogP contribution in [0.3, 0.4) is 0 Å². The SMILES string of the molecule is C[C@]1(C(=O)Cl)[C@H](c2ccccc2)C1(Br)Br. The summed E-state index contributed by atoms with van der Waals surface area (Å²) in [7, 11) is 0. The molecule has 1 aliphatic rings. The fourth-order valence-corrected chi connectivity index (χ4v) is 4.48. The summed E-state index contributed by atoms with van der Waals surface area (Å²) >= 11 is 12.7. The molecule has 2 atom stereocenters. The van der Waals surface area contributed by atoms with Gasteiger partial charge in [0, 0.05) is 5.92 Å². The summed E-state index contributed by atoms with van der Waals surface area (Å²) in [6.07, 6.45) is 0. The lowest BCUT2D eigenvalue weighted by atomic mass is 10.0. The van der Waals surface area contributed by atoms with Gasteiger partial charge in [-0.05, 0) is 24.1 Å². The highest BCUT2D eigenvalue weighted by Gasteiger charge is 2.76. The molecule has 0 aromatic heterocycles. The molecule has 0 saturated heterocycles. The molecule has 0 amide bonds. The average molecular weight is 352 g/mol. The standard InChI is InChI=1S/C11H9Br2ClO/c1-10(9(14)15)8(11(10,12)13)7-5-3-2-4-6-7/h2-6,8H,1H3/t8-,10+/m0/s1. The van der Waals surface area contributed by atoms with Gasteiger partial charge in [0.25, 0.3) is 0 Å². The number of rotatable bonds is 2. The first-order valence-electron chi connectivity index (χ1n) is 4.55. The first kappa shape index (κ1) is 11.6. The van der Waals surface area contributed by atoms with Crippen molar-refractivity contribution < 1.29 is 4.79 Å². The highest BCUT2D eigenvalue weighted by Crippen LogP contribution is 2.76. The van der Waals surface area contributed by atoms with Crippen LogP contribution in [0.1, 0.15) is 18.4 Å². The van der Waals surface area contributed by atoms with Crippen LogP contribution in [0.4, 0.5) is 0 Å². The predicted octanol–water partition coefficient (Wildman–Crippen LogP) is 4.04. The Morgan fingerprint density at radius 2 is 1.87 bits per heavy atom. The van der Waals surface area contributed by atoms with Crippen molar-refractivity contribution in [3.63, 3.8) is 0 Å². The molecule has 4 heteroatoms. The summed E-state index contributed by atoms with van der Waals surface area (Å²) in [5.41, 5.74) is 0.540. The van der Waals surface area contributed by atoms with Crippen molar-refractivity contribution in [1.82, 2.24) is 0 Å². The average Bonchev–Trinajstić information content (AvgIpc) is 2.64. The van der Waals surface area contributed by atoms with E-state index in [-0.39, 0.29) is 11.2 Å². The van der Waals surface area contributed by atoms with Crippen molar-refractivity contribution in [2.24, 2.45) is 5.41 Å². The normalized spacial score (nSPS) is 32.4. The molecule has 1 aliphatic carbocycles. The van der Waals surface area contributed by atoms with Gasteiger partial charge in [-0.1, -0.05) is 62.2 Å². The molecular formula is C11H9Br2ClO. The first-order valence-corrected chi connectivity index (χ1v) is 6.51. The quantitative estimate of drug-likeness (QED) is 0.580. The number of hydrogen-bond donors (Lipinski definition) is 0. The maximum absolute atomic E-state index is 11.4. The van der Waals surface area contributed by atoms with E-state index in [1.54, 1.807) is 0 Å². The molecule has 1 saturated carbocycles. The van der Waals surface area contributed by atoms with Gasteiger partial charge in [0.15, 0.2) is 0 Å². The molecule has 1 aromatic rings. The van der Waals surface area contributed by atoms with Gasteiger partial charge < -0.3 is 0 Å². The Morgan fingerprint density at radius 3 is 2.27 bits per heavy atom. The Bertz CT molecular complexity index is 404. The van der Waals surface area contributed by atoms with Crippen LogP contribution in [0.2, 0.25) is 0 Å². The molecule has 1 aromatic carbocycles. The van der Waals surface area contributed by atoms with Gasteiger partial charge in [0.1, 0.15) is 3.23 Å². The lowest BCUT2D eigenvalue weighted by Gasteiger charge is -2.04. The number of hydrogen-bond acceptors (Lipinski definition) is 1. The number of halogens is 3. The first-order chi connectivity index (χ1) is 6.92. The Morgan fingerprint density at radius 1 is 1.33 bits per heavy atom. The molecule has 0 bridgehead atoms. The van der Waals surface area contributed by atoms with Gasteiger partial charge >= 0.3 is 0 Å². The minimum Gasteiger partial charge on any atom is -0.281 e. The van der Waals surface area contributed by atoms with Gasteiger partial charge in [0.2, 0.25) is 5.24 Å². The summed E-state index contributed by atoms with van der Waals surface area (Å²) in [5, 5.41) is -0.315. The zero-order valence-corrected chi connectivity index (χ0v) is 11.9. The van der Waals surface area contributed by atoms with E-state index in [0.717, 1.165) is 5.56 Å². The molecule has 0 N–H and O–H groups in total. The zero-order chi connectivity index (χ0) is 11.3. The molecular weight excluding hydrogens is 343 g/mol. The molecule has 2 rings (SSSR count). The van der Waals surface area contributed by atoms with Crippen molar-refractivity contribution in [3.05, 3.63) is 35.9 Å². The number of alkyl halides is 2. The van der Waals surface area contributed by atoms with E-state index >= 15 is 0 Å². The van der Waals surface area contributed by atoms with E-state index in [1.165, 1.54) is 0 Å². The van der Waals surface area contributed by atoms with Crippen molar-refractivity contribution >= 4 is 48.7 Å². The molecule has 0 aliphatic heterocycles. The van der Waals surface area contributed by atoms with Gasteiger partial charge in [-0.25, -0.2) is 0 Å². The van der Waals surface area contributed by atoms with E-state index < -0.39 is 8.65 Å². The maximum atomic E-state index is 11.4. The van der Waals surface area contributed by atoms with Crippen molar-refractivity contribution in [1.29, 1.82) is 0 Å². The number of benzene rings is 1. The topological polar surface area (TPSA) is 17.1 Å².